The van der Waals surface area contributed by atoms with Crippen LogP contribution in [0.3, 0.4) is 0 Å². The predicted octanol–water partition coefficient (Wildman–Crippen LogP) is 27.0. The first-order valence-electron chi connectivity index (χ1n) is 39.3. The molecule has 8 heteroatoms. The molecule has 0 N–H and O–H groups in total. The van der Waals surface area contributed by atoms with Crippen LogP contribution in [0, 0.1) is 0 Å². The molecule has 0 aliphatic heterocycles. The van der Waals surface area contributed by atoms with E-state index in [0.29, 0.717) is 0 Å². The molecule has 0 spiro atoms. The van der Waals surface area contributed by atoms with E-state index in [1.807, 2.05) is 36.9 Å². The molecule has 0 radical (unpaired) electrons. The Bertz CT molecular complexity index is 4260. The fourth-order valence-electron chi connectivity index (χ4n) is 11.9. The van der Waals surface area contributed by atoms with Gasteiger partial charge in [-0.25, -0.2) is 0 Å². The van der Waals surface area contributed by atoms with Gasteiger partial charge in [-0.15, -0.1) is 0 Å². The summed E-state index contributed by atoms with van der Waals surface area (Å²) in [4.78, 5) is 18.3. The van der Waals surface area contributed by atoms with Crippen LogP contribution in [0.5, 0.6) is 23.0 Å². The largest absolute Gasteiger partial charge is 0.494 e. The summed E-state index contributed by atoms with van der Waals surface area (Å²) in [5.74, 6) is 3.77. The topological polar surface area (TPSA) is 88.5 Å². The van der Waals surface area contributed by atoms with Crippen LogP contribution in [0.2, 0.25) is 0 Å². The van der Waals surface area contributed by atoms with E-state index in [9.17, 15) is 0 Å². The van der Waals surface area contributed by atoms with Crippen molar-refractivity contribution in [2.75, 3.05) is 26.4 Å². The fourth-order valence-corrected chi connectivity index (χ4v) is 11.9. The molecule has 8 nitrogen and oxygen atoms in total. The van der Waals surface area contributed by atoms with Gasteiger partial charge >= 0.3 is 0 Å². The van der Waals surface area contributed by atoms with Crippen molar-refractivity contribution in [3.8, 4) is 112 Å². The minimum absolute atomic E-state index is 0.787. The SMILES string of the molecule is CCCCCc1ccc(-c2ccc(-c3ccc(OCCCC)cc3)cc2)cn1.CCCCOc1ccc(-c2ccc(-c3ccc(CC)nc3)cc2)cc1.CCCCOc1ccc(-c2ccc(-c3ccc(CCC)nc3)cc2)cc1.CCCCOc1ccc(-c2ccc(-c3ccc(CCCC)nc3)cc2)cc1. The number of aromatic nitrogens is 4. The Balaban J connectivity index is 0.000000164. The highest BCUT2D eigenvalue weighted by atomic mass is 16.5. The Morgan fingerprint density at radius 3 is 0.585 bits per heavy atom. The lowest BCUT2D eigenvalue weighted by molar-refractivity contribution is 0.309. The molecule has 0 unspecified atom stereocenters. The van der Waals surface area contributed by atoms with Crippen LogP contribution in [0.4, 0.5) is 0 Å². The number of hydrogen-bond donors (Lipinski definition) is 0. The van der Waals surface area contributed by atoms with E-state index in [-0.39, 0.29) is 0 Å². The second kappa shape index (κ2) is 45.0. The molecule has 0 amide bonds. The number of rotatable bonds is 34. The molecule has 4 aromatic heterocycles. The molecule has 0 atom stereocenters. The number of ether oxygens (including phenoxy) is 4. The molecule has 0 saturated carbocycles. The zero-order valence-electron chi connectivity index (χ0n) is 64.4. The van der Waals surface area contributed by atoms with Crippen molar-refractivity contribution in [1.82, 2.24) is 19.9 Å². The zero-order valence-corrected chi connectivity index (χ0v) is 64.4. The Morgan fingerprint density at radius 2 is 0.377 bits per heavy atom. The summed E-state index contributed by atoms with van der Waals surface area (Å²) < 4.78 is 22.9. The van der Waals surface area contributed by atoms with Gasteiger partial charge in [0, 0.05) is 69.8 Å². The highest BCUT2D eigenvalue weighted by Crippen LogP contribution is 2.32. The summed E-state index contributed by atoms with van der Waals surface area (Å²) in [5, 5.41) is 0. The molecule has 548 valence electrons. The normalized spacial score (nSPS) is 10.7. The third-order valence-corrected chi connectivity index (χ3v) is 18.7. The summed E-state index contributed by atoms with van der Waals surface area (Å²) >= 11 is 0. The third-order valence-electron chi connectivity index (χ3n) is 18.7. The molecule has 0 saturated heterocycles. The summed E-state index contributed by atoms with van der Waals surface area (Å²) in [6.45, 7) is 20.6. The van der Waals surface area contributed by atoms with E-state index in [2.05, 4.69) is 306 Å². The van der Waals surface area contributed by atoms with Gasteiger partial charge in [-0.3, -0.25) is 19.9 Å². The van der Waals surface area contributed by atoms with Crippen molar-refractivity contribution in [2.45, 2.75) is 171 Å². The van der Waals surface area contributed by atoms with E-state index in [1.54, 1.807) is 0 Å². The average Bonchev–Trinajstić information content (AvgIpc) is 0.864. The third kappa shape index (κ3) is 26.0. The van der Waals surface area contributed by atoms with Gasteiger partial charge in [0.25, 0.3) is 0 Å². The van der Waals surface area contributed by atoms with Crippen LogP contribution < -0.4 is 18.9 Å². The number of aryl methyl sites for hydroxylation is 4. The highest BCUT2D eigenvalue weighted by Gasteiger charge is 2.09. The van der Waals surface area contributed by atoms with Crippen molar-refractivity contribution in [3.63, 3.8) is 0 Å². The van der Waals surface area contributed by atoms with E-state index in [0.717, 1.165) is 155 Å². The zero-order chi connectivity index (χ0) is 74.2. The molecule has 12 aromatic rings. The molecule has 106 heavy (non-hydrogen) atoms. The van der Waals surface area contributed by atoms with Crippen LogP contribution in [0.1, 0.15) is 168 Å². The summed E-state index contributed by atoms with van der Waals surface area (Å²) in [6.07, 6.45) is 28.3. The minimum atomic E-state index is 0.787. The smallest absolute Gasteiger partial charge is 0.119 e. The lowest BCUT2D eigenvalue weighted by Crippen LogP contribution is -1.95. The van der Waals surface area contributed by atoms with Crippen molar-refractivity contribution in [2.24, 2.45) is 0 Å². The lowest BCUT2D eigenvalue weighted by atomic mass is 10.0. The van der Waals surface area contributed by atoms with Gasteiger partial charge in [-0.1, -0.05) is 277 Å². The summed E-state index contributed by atoms with van der Waals surface area (Å²) in [7, 11) is 0. The average molecular weight is 1410 g/mol. The maximum absolute atomic E-state index is 5.75. The number of nitrogens with zero attached hydrogens (tertiary/aromatic N) is 4. The van der Waals surface area contributed by atoms with Crippen molar-refractivity contribution in [1.29, 1.82) is 0 Å². The number of unbranched alkanes of at least 4 members (excludes halogenated alkanes) is 7. The van der Waals surface area contributed by atoms with E-state index >= 15 is 0 Å². The summed E-state index contributed by atoms with van der Waals surface area (Å²) in [6, 6.07) is 85.3. The van der Waals surface area contributed by atoms with Crippen molar-refractivity contribution in [3.05, 3.63) is 290 Å². The van der Waals surface area contributed by atoms with Gasteiger partial charge in [0.05, 0.1) is 26.4 Å². The minimum Gasteiger partial charge on any atom is -0.494 e. The van der Waals surface area contributed by atoms with Gasteiger partial charge in [0.15, 0.2) is 0 Å². The Hall–Kier alpha value is -10.4. The molecule has 4 heterocycles. The monoisotopic (exact) mass is 1410 g/mol. The summed E-state index contributed by atoms with van der Waals surface area (Å²) in [5.41, 5.74) is 23.8. The van der Waals surface area contributed by atoms with Crippen LogP contribution in [0.25, 0.3) is 89.0 Å². The second-order valence-electron chi connectivity index (χ2n) is 27.0. The Kier molecular flexibility index (Phi) is 33.9. The van der Waals surface area contributed by atoms with Crippen LogP contribution in [0.15, 0.2) is 267 Å². The number of hydrogen-bond acceptors (Lipinski definition) is 8. The first-order valence-corrected chi connectivity index (χ1v) is 39.3. The molecular weight excluding hydrogens is 1300 g/mol. The van der Waals surface area contributed by atoms with Crippen LogP contribution >= 0.6 is 0 Å². The predicted molar refractivity (Wildman–Crippen MR) is 447 cm³/mol. The molecule has 0 bridgehead atoms. The van der Waals surface area contributed by atoms with Gasteiger partial charge in [-0.2, -0.15) is 0 Å². The van der Waals surface area contributed by atoms with Crippen molar-refractivity contribution < 1.29 is 18.9 Å². The van der Waals surface area contributed by atoms with Gasteiger partial charge < -0.3 is 18.9 Å². The Labute approximate surface area is 634 Å². The van der Waals surface area contributed by atoms with Gasteiger partial charge in [0.2, 0.25) is 0 Å². The van der Waals surface area contributed by atoms with Gasteiger partial charge in [0.1, 0.15) is 23.0 Å². The van der Waals surface area contributed by atoms with E-state index in [4.69, 9.17) is 18.9 Å². The standard InChI is InChI=1S/C26H31NO.C25H29NO.C24H27NO.C23H25NO/c1-3-5-7-8-25-16-13-24(20-27-25)23-11-9-21(10-12-23)22-14-17-26(18-15-22)28-19-6-4-2;1-3-5-7-24-15-12-23(19-26-24)22-10-8-20(9-11-22)21-13-16-25(17-14-21)27-18-6-4-2;1-3-5-17-26-24-15-12-20(13-16-24)19-7-9-21(10-8-19)22-11-14-23(6-4-2)25-18-22;1-3-5-16-25-23-14-11-19(12-15-23)18-6-8-20(9-7-18)21-10-13-22(4-2)24-17-21/h9-18,20H,3-8,19H2,1-2H3;8-17,19H,3-7,18H2,1-2H3;7-16,18H,3-6,17H2,1-2H3;6-15,17H,3-5,16H2,1-2H3. The Morgan fingerprint density at radius 1 is 0.179 bits per heavy atom. The maximum Gasteiger partial charge on any atom is 0.119 e. The molecular formula is C98H112N4O4. The van der Waals surface area contributed by atoms with Crippen LogP contribution in [-0.4, -0.2) is 46.4 Å². The van der Waals surface area contributed by atoms with Crippen molar-refractivity contribution >= 4 is 0 Å². The van der Waals surface area contributed by atoms with Gasteiger partial charge in [-0.05, 0) is 204 Å². The first-order chi connectivity index (χ1) is 52.2. The van der Waals surface area contributed by atoms with E-state index < -0.39 is 0 Å². The van der Waals surface area contributed by atoms with E-state index in [1.165, 1.54) is 121 Å². The number of pyridine rings is 4. The molecule has 8 aromatic carbocycles. The second-order valence-corrected chi connectivity index (χ2v) is 27.0. The first kappa shape index (κ1) is 79.7. The fraction of sp³-hybridized carbons (Fsp3) is 0.306. The molecule has 12 rings (SSSR count). The molecule has 0 aliphatic rings. The lowest BCUT2D eigenvalue weighted by Gasteiger charge is -2.08. The molecule has 0 fully saturated rings. The number of benzene rings is 8. The maximum atomic E-state index is 5.75. The highest BCUT2D eigenvalue weighted by molar-refractivity contribution is 5.74. The van der Waals surface area contributed by atoms with Crippen LogP contribution in [-0.2, 0) is 25.7 Å². The quantitative estimate of drug-likeness (QED) is 0.0369. The molecule has 0 aliphatic carbocycles.